The van der Waals surface area contributed by atoms with Gasteiger partial charge in [0, 0.05) is 23.7 Å². The van der Waals surface area contributed by atoms with Crippen LogP contribution >= 0.6 is 0 Å². The first kappa shape index (κ1) is 19.9. The molecule has 1 fully saturated rings. The largest absolute Gasteiger partial charge is 0.497 e. The number of hydrogen-bond donors (Lipinski definition) is 0. The number of methoxy groups -OCH3 is 2. The van der Waals surface area contributed by atoms with Crippen molar-refractivity contribution in [3.8, 4) is 22.9 Å². The Kier molecular flexibility index (Phi) is 5.70. The zero-order chi connectivity index (χ0) is 21.1. The van der Waals surface area contributed by atoms with E-state index < -0.39 is 0 Å². The van der Waals surface area contributed by atoms with Crippen LogP contribution in [0.2, 0.25) is 0 Å². The fourth-order valence-corrected chi connectivity index (χ4v) is 3.80. The number of amides is 1. The van der Waals surface area contributed by atoms with E-state index in [2.05, 4.69) is 10.1 Å². The lowest BCUT2D eigenvalue weighted by Gasteiger charge is -2.33. The van der Waals surface area contributed by atoms with E-state index in [9.17, 15) is 4.79 Å². The number of hydrogen-bond acceptors (Lipinski definition) is 6. The maximum atomic E-state index is 13.4. The average molecular weight is 407 g/mol. The quantitative estimate of drug-likeness (QED) is 0.623. The van der Waals surface area contributed by atoms with Crippen LogP contribution < -0.4 is 9.47 Å². The van der Waals surface area contributed by atoms with Crippen molar-refractivity contribution in [2.75, 3.05) is 20.8 Å². The normalized spacial score (nSPS) is 16.4. The number of carbonyl (C=O) groups is 1. The van der Waals surface area contributed by atoms with Gasteiger partial charge < -0.3 is 18.9 Å². The lowest BCUT2D eigenvalue weighted by atomic mass is 10.0. The van der Waals surface area contributed by atoms with E-state index in [1.165, 1.54) is 0 Å². The van der Waals surface area contributed by atoms with Gasteiger partial charge in [-0.2, -0.15) is 4.98 Å². The van der Waals surface area contributed by atoms with Gasteiger partial charge in [-0.25, -0.2) is 0 Å². The Morgan fingerprint density at radius 3 is 2.57 bits per heavy atom. The Morgan fingerprint density at radius 1 is 1.10 bits per heavy atom. The average Bonchev–Trinajstić information content (AvgIpc) is 3.28. The summed E-state index contributed by atoms with van der Waals surface area (Å²) in [6.45, 7) is 2.65. The maximum Gasteiger partial charge on any atom is 0.254 e. The van der Waals surface area contributed by atoms with Crippen LogP contribution in [0.15, 0.2) is 47.0 Å². The van der Waals surface area contributed by atoms with Gasteiger partial charge >= 0.3 is 0 Å². The molecule has 2 heterocycles. The van der Waals surface area contributed by atoms with Crippen molar-refractivity contribution in [3.63, 3.8) is 0 Å². The monoisotopic (exact) mass is 407 g/mol. The highest BCUT2D eigenvalue weighted by Gasteiger charge is 2.33. The molecular formula is C23H25N3O4. The molecule has 3 aromatic rings. The molecule has 1 unspecified atom stereocenters. The summed E-state index contributed by atoms with van der Waals surface area (Å²) >= 11 is 0. The van der Waals surface area contributed by atoms with Gasteiger partial charge in [-0.1, -0.05) is 28.9 Å². The fourth-order valence-electron chi connectivity index (χ4n) is 3.80. The second kappa shape index (κ2) is 8.57. The first-order valence-corrected chi connectivity index (χ1v) is 10.0. The summed E-state index contributed by atoms with van der Waals surface area (Å²) in [6.07, 6.45) is 2.71. The first-order chi connectivity index (χ1) is 14.6. The molecular weight excluding hydrogens is 382 g/mol. The minimum atomic E-state index is -0.255. The third-order valence-electron chi connectivity index (χ3n) is 5.37. The molecule has 0 aliphatic carbocycles. The number of likely N-dealkylation sites (tertiary alicyclic amines) is 1. The lowest BCUT2D eigenvalue weighted by molar-refractivity contribution is 0.0560. The highest BCUT2D eigenvalue weighted by atomic mass is 16.5. The number of ether oxygens (including phenoxy) is 2. The third-order valence-corrected chi connectivity index (χ3v) is 5.37. The maximum absolute atomic E-state index is 13.4. The van der Waals surface area contributed by atoms with E-state index in [4.69, 9.17) is 14.0 Å². The number of rotatable bonds is 5. The summed E-state index contributed by atoms with van der Waals surface area (Å²) < 4.78 is 16.2. The molecule has 1 saturated heterocycles. The van der Waals surface area contributed by atoms with Crippen LogP contribution in [0.4, 0.5) is 0 Å². The van der Waals surface area contributed by atoms with Gasteiger partial charge in [-0.05, 0) is 44.4 Å². The molecule has 1 aliphatic rings. The van der Waals surface area contributed by atoms with Crippen LogP contribution in [-0.2, 0) is 0 Å². The SMILES string of the molecule is COc1cc(OC)cc(C(=O)N2CCCCC2c2nc(-c3cccc(C)c3)no2)c1. The van der Waals surface area contributed by atoms with Crippen molar-refractivity contribution < 1.29 is 18.8 Å². The van der Waals surface area contributed by atoms with Crippen LogP contribution in [-0.4, -0.2) is 41.7 Å². The highest BCUT2D eigenvalue weighted by Crippen LogP contribution is 2.33. The number of aromatic nitrogens is 2. The summed E-state index contributed by atoms with van der Waals surface area (Å²) in [5.74, 6) is 2.05. The molecule has 1 aromatic heterocycles. The Labute approximate surface area is 175 Å². The van der Waals surface area contributed by atoms with Gasteiger partial charge in [0.15, 0.2) is 0 Å². The minimum absolute atomic E-state index is 0.104. The van der Waals surface area contributed by atoms with Crippen molar-refractivity contribution in [2.45, 2.75) is 32.2 Å². The van der Waals surface area contributed by atoms with E-state index in [0.29, 0.717) is 35.3 Å². The Balaban J connectivity index is 1.63. The number of aryl methyl sites for hydroxylation is 1. The fraction of sp³-hybridized carbons (Fsp3) is 0.348. The summed E-state index contributed by atoms with van der Waals surface area (Å²) in [7, 11) is 3.13. The van der Waals surface area contributed by atoms with Crippen molar-refractivity contribution >= 4 is 5.91 Å². The predicted octanol–water partition coefficient (Wildman–Crippen LogP) is 4.43. The number of carbonyl (C=O) groups excluding carboxylic acids is 1. The van der Waals surface area contributed by atoms with Crippen LogP contribution in [0.5, 0.6) is 11.5 Å². The van der Waals surface area contributed by atoms with Crippen LogP contribution in [0.3, 0.4) is 0 Å². The van der Waals surface area contributed by atoms with Gasteiger partial charge in [0.1, 0.15) is 17.5 Å². The molecule has 7 heteroatoms. The molecule has 1 amide bonds. The molecule has 4 rings (SSSR count). The molecule has 0 spiro atoms. The summed E-state index contributed by atoms with van der Waals surface area (Å²) in [5.41, 5.74) is 2.54. The van der Waals surface area contributed by atoms with Gasteiger partial charge in [-0.3, -0.25) is 4.79 Å². The molecule has 0 saturated carbocycles. The number of benzene rings is 2. The molecule has 30 heavy (non-hydrogen) atoms. The van der Waals surface area contributed by atoms with E-state index in [-0.39, 0.29) is 11.9 Å². The minimum Gasteiger partial charge on any atom is -0.497 e. The molecule has 0 bridgehead atoms. The number of piperidine rings is 1. The van der Waals surface area contributed by atoms with Crippen LogP contribution in [0, 0.1) is 6.92 Å². The van der Waals surface area contributed by atoms with Crippen molar-refractivity contribution in [3.05, 3.63) is 59.5 Å². The molecule has 1 atom stereocenters. The van der Waals surface area contributed by atoms with Crippen molar-refractivity contribution in [1.29, 1.82) is 0 Å². The lowest BCUT2D eigenvalue weighted by Crippen LogP contribution is -2.38. The smallest absolute Gasteiger partial charge is 0.254 e. The van der Waals surface area contributed by atoms with Gasteiger partial charge in [-0.15, -0.1) is 0 Å². The Bertz CT molecular complexity index is 1020. The zero-order valence-corrected chi connectivity index (χ0v) is 17.4. The Hall–Kier alpha value is -3.35. The first-order valence-electron chi connectivity index (χ1n) is 10.0. The van der Waals surface area contributed by atoms with Crippen molar-refractivity contribution in [1.82, 2.24) is 15.0 Å². The van der Waals surface area contributed by atoms with Gasteiger partial charge in [0.2, 0.25) is 11.7 Å². The summed E-state index contributed by atoms with van der Waals surface area (Å²) in [4.78, 5) is 19.8. The van der Waals surface area contributed by atoms with E-state index in [1.54, 1.807) is 32.4 Å². The molecule has 1 aliphatic heterocycles. The van der Waals surface area contributed by atoms with Gasteiger partial charge in [0.05, 0.1) is 14.2 Å². The predicted molar refractivity (Wildman–Crippen MR) is 112 cm³/mol. The Morgan fingerprint density at radius 2 is 1.87 bits per heavy atom. The highest BCUT2D eigenvalue weighted by molar-refractivity contribution is 5.95. The molecule has 2 aromatic carbocycles. The molecule has 0 radical (unpaired) electrons. The van der Waals surface area contributed by atoms with E-state index >= 15 is 0 Å². The topological polar surface area (TPSA) is 77.7 Å². The second-order valence-electron chi connectivity index (χ2n) is 7.44. The molecule has 7 nitrogen and oxygen atoms in total. The molecule has 0 N–H and O–H groups in total. The third kappa shape index (κ3) is 4.01. The van der Waals surface area contributed by atoms with E-state index in [0.717, 1.165) is 30.4 Å². The van der Waals surface area contributed by atoms with Gasteiger partial charge in [0.25, 0.3) is 5.91 Å². The van der Waals surface area contributed by atoms with Crippen LogP contribution in [0.25, 0.3) is 11.4 Å². The number of nitrogens with zero attached hydrogens (tertiary/aromatic N) is 3. The second-order valence-corrected chi connectivity index (χ2v) is 7.44. The van der Waals surface area contributed by atoms with Crippen LogP contribution in [0.1, 0.15) is 47.1 Å². The van der Waals surface area contributed by atoms with Crippen molar-refractivity contribution in [2.24, 2.45) is 0 Å². The standard InChI is InChI=1S/C23H25N3O4/c1-15-7-6-8-16(11-15)21-24-22(30-25-21)20-9-4-5-10-26(20)23(27)17-12-18(28-2)14-19(13-17)29-3/h6-8,11-14,20H,4-5,9-10H2,1-3H3. The van der Waals surface area contributed by atoms with E-state index in [1.807, 2.05) is 36.1 Å². The zero-order valence-electron chi connectivity index (χ0n) is 17.4. The molecule has 156 valence electrons. The summed E-state index contributed by atoms with van der Waals surface area (Å²) in [5, 5.41) is 4.16. The summed E-state index contributed by atoms with van der Waals surface area (Å²) in [6, 6.07) is 12.9.